The van der Waals surface area contributed by atoms with Gasteiger partial charge in [-0.15, -0.1) is 0 Å². The molecule has 3 nitrogen and oxygen atoms in total. The molecule has 20 heavy (non-hydrogen) atoms. The van der Waals surface area contributed by atoms with E-state index in [0.717, 1.165) is 13.1 Å². The molecule has 0 aromatic heterocycles. The maximum atomic E-state index is 12.9. The molecule has 1 atom stereocenters. The van der Waals surface area contributed by atoms with Crippen molar-refractivity contribution < 1.29 is 13.9 Å². The third kappa shape index (κ3) is 3.73. The maximum Gasteiger partial charge on any atom is 0.240 e. The SMILES string of the molecule is Oc1cc(Cl)cc(Cl)c1[C@@H](CC(F)F)N1CCNCC1. The summed E-state index contributed by atoms with van der Waals surface area (Å²) in [6.45, 7) is 2.73. The van der Waals surface area contributed by atoms with Gasteiger partial charge in [0.25, 0.3) is 0 Å². The lowest BCUT2D eigenvalue weighted by molar-refractivity contribution is 0.0730. The summed E-state index contributed by atoms with van der Waals surface area (Å²) in [6, 6.07) is 2.20. The van der Waals surface area contributed by atoms with Gasteiger partial charge in [-0.05, 0) is 12.1 Å². The molecule has 2 N–H and O–H groups in total. The van der Waals surface area contributed by atoms with Crippen LogP contribution in [0, 0.1) is 0 Å². The molecule has 1 fully saturated rings. The number of halogens is 4. The number of piperazine rings is 1. The summed E-state index contributed by atoms with van der Waals surface area (Å²) in [4.78, 5) is 1.91. The number of phenolic OH excluding ortho intramolecular Hbond substituents is 1. The second kappa shape index (κ2) is 6.89. The van der Waals surface area contributed by atoms with Gasteiger partial charge in [-0.25, -0.2) is 8.78 Å². The Labute approximate surface area is 126 Å². The van der Waals surface area contributed by atoms with Crippen LogP contribution >= 0.6 is 23.2 Å². The Morgan fingerprint density at radius 2 is 1.90 bits per heavy atom. The zero-order valence-corrected chi connectivity index (χ0v) is 12.3. The molecule has 1 aliphatic rings. The summed E-state index contributed by atoms with van der Waals surface area (Å²) >= 11 is 11.9. The number of nitrogens with zero attached hydrogens (tertiary/aromatic N) is 1. The number of benzene rings is 1. The van der Waals surface area contributed by atoms with Crippen LogP contribution in [0.4, 0.5) is 8.78 Å². The molecule has 1 aromatic rings. The topological polar surface area (TPSA) is 35.5 Å². The molecular weight excluding hydrogens is 309 g/mol. The minimum atomic E-state index is -2.47. The Balaban J connectivity index is 2.35. The van der Waals surface area contributed by atoms with Crippen LogP contribution in [0.3, 0.4) is 0 Å². The van der Waals surface area contributed by atoms with Gasteiger partial charge in [0.1, 0.15) is 5.75 Å². The predicted molar refractivity (Wildman–Crippen MR) is 75.9 cm³/mol. The van der Waals surface area contributed by atoms with E-state index < -0.39 is 12.5 Å². The molecule has 1 heterocycles. The van der Waals surface area contributed by atoms with E-state index in [1.54, 1.807) is 0 Å². The van der Waals surface area contributed by atoms with E-state index in [9.17, 15) is 13.9 Å². The number of aromatic hydroxyl groups is 1. The van der Waals surface area contributed by atoms with Crippen molar-refractivity contribution in [2.75, 3.05) is 26.2 Å². The molecular formula is C13H16Cl2F2N2O. The minimum Gasteiger partial charge on any atom is -0.508 e. The standard InChI is InChI=1S/C13H16Cl2F2N2O/c14-8-5-9(15)13(11(20)6-8)10(7-12(16)17)19-3-1-18-2-4-19/h5-6,10,12,18,20H,1-4,7H2/t10-/m1/s1. The van der Waals surface area contributed by atoms with Crippen molar-refractivity contribution in [3.8, 4) is 5.75 Å². The van der Waals surface area contributed by atoms with Crippen molar-refractivity contribution in [2.24, 2.45) is 0 Å². The lowest BCUT2D eigenvalue weighted by atomic mass is 10.00. The van der Waals surface area contributed by atoms with Crippen molar-refractivity contribution in [2.45, 2.75) is 18.9 Å². The maximum absolute atomic E-state index is 12.9. The van der Waals surface area contributed by atoms with Gasteiger partial charge in [0, 0.05) is 49.2 Å². The fraction of sp³-hybridized carbons (Fsp3) is 0.538. The molecule has 0 saturated carbocycles. The van der Waals surface area contributed by atoms with Crippen LogP contribution in [0.5, 0.6) is 5.75 Å². The second-order valence-corrected chi connectivity index (χ2v) is 5.59. The molecule has 1 aromatic carbocycles. The van der Waals surface area contributed by atoms with Gasteiger partial charge < -0.3 is 10.4 Å². The van der Waals surface area contributed by atoms with E-state index in [1.807, 2.05) is 4.90 Å². The van der Waals surface area contributed by atoms with Gasteiger partial charge in [0.15, 0.2) is 0 Å². The Hall–Kier alpha value is -0.620. The minimum absolute atomic E-state index is 0.133. The van der Waals surface area contributed by atoms with Crippen LogP contribution in [0.25, 0.3) is 0 Å². The van der Waals surface area contributed by atoms with Crippen molar-refractivity contribution in [3.05, 3.63) is 27.7 Å². The highest BCUT2D eigenvalue weighted by atomic mass is 35.5. The number of nitrogens with one attached hydrogen (secondary N) is 1. The average molecular weight is 325 g/mol. The first-order chi connectivity index (χ1) is 9.49. The molecule has 2 rings (SSSR count). The molecule has 7 heteroatoms. The van der Waals surface area contributed by atoms with Crippen molar-refractivity contribution in [1.29, 1.82) is 0 Å². The first-order valence-electron chi connectivity index (χ1n) is 6.40. The summed E-state index contributed by atoms with van der Waals surface area (Å²) in [7, 11) is 0. The van der Waals surface area contributed by atoms with Gasteiger partial charge >= 0.3 is 0 Å². The second-order valence-electron chi connectivity index (χ2n) is 4.75. The van der Waals surface area contributed by atoms with Crippen molar-refractivity contribution >= 4 is 23.2 Å². The Morgan fingerprint density at radius 3 is 2.45 bits per heavy atom. The summed E-state index contributed by atoms with van der Waals surface area (Å²) in [5.41, 5.74) is 0.332. The first kappa shape index (κ1) is 15.8. The van der Waals surface area contributed by atoms with E-state index in [1.165, 1.54) is 12.1 Å². The van der Waals surface area contributed by atoms with Gasteiger partial charge in [0.05, 0.1) is 5.02 Å². The van der Waals surface area contributed by atoms with Crippen molar-refractivity contribution in [1.82, 2.24) is 10.2 Å². The number of hydrogen-bond donors (Lipinski definition) is 2. The fourth-order valence-corrected chi connectivity index (χ4v) is 3.12. The zero-order valence-electron chi connectivity index (χ0n) is 10.8. The smallest absolute Gasteiger partial charge is 0.240 e. The van der Waals surface area contributed by atoms with Gasteiger partial charge in [-0.1, -0.05) is 23.2 Å². The number of hydrogen-bond acceptors (Lipinski definition) is 3. The number of alkyl halides is 2. The first-order valence-corrected chi connectivity index (χ1v) is 7.15. The Kier molecular flexibility index (Phi) is 5.43. The Morgan fingerprint density at radius 1 is 1.25 bits per heavy atom. The van der Waals surface area contributed by atoms with Crippen molar-refractivity contribution in [3.63, 3.8) is 0 Å². The largest absolute Gasteiger partial charge is 0.508 e. The van der Waals surface area contributed by atoms with E-state index in [4.69, 9.17) is 23.2 Å². The summed E-state index contributed by atoms with van der Waals surface area (Å²) in [5, 5.41) is 13.7. The molecule has 1 aliphatic heterocycles. The van der Waals surface area contributed by atoms with E-state index >= 15 is 0 Å². The molecule has 0 aliphatic carbocycles. The van der Waals surface area contributed by atoms with E-state index in [2.05, 4.69) is 5.32 Å². The van der Waals surface area contributed by atoms with E-state index in [-0.39, 0.29) is 22.2 Å². The molecule has 1 saturated heterocycles. The molecule has 0 amide bonds. The van der Waals surface area contributed by atoms with Gasteiger partial charge in [-0.3, -0.25) is 4.90 Å². The average Bonchev–Trinajstić information content (AvgIpc) is 2.37. The molecule has 112 valence electrons. The van der Waals surface area contributed by atoms with Crippen LogP contribution < -0.4 is 5.32 Å². The summed E-state index contributed by atoms with van der Waals surface area (Å²) in [6.07, 6.45) is -2.84. The van der Waals surface area contributed by atoms with Gasteiger partial charge in [-0.2, -0.15) is 0 Å². The summed E-state index contributed by atoms with van der Waals surface area (Å²) in [5.74, 6) is -0.133. The fourth-order valence-electron chi connectivity index (χ4n) is 2.51. The van der Waals surface area contributed by atoms with Crippen LogP contribution in [0.2, 0.25) is 10.0 Å². The lowest BCUT2D eigenvalue weighted by Gasteiger charge is -2.35. The highest BCUT2D eigenvalue weighted by Gasteiger charge is 2.29. The molecule has 0 bridgehead atoms. The Bertz CT molecular complexity index is 445. The molecule has 0 spiro atoms. The molecule has 0 unspecified atom stereocenters. The predicted octanol–water partition coefficient (Wildman–Crippen LogP) is 3.30. The van der Waals surface area contributed by atoms with Gasteiger partial charge in [0.2, 0.25) is 6.43 Å². The van der Waals surface area contributed by atoms with Crippen LogP contribution in [-0.2, 0) is 0 Å². The van der Waals surface area contributed by atoms with Crippen LogP contribution in [-0.4, -0.2) is 42.6 Å². The number of rotatable bonds is 4. The monoisotopic (exact) mass is 324 g/mol. The highest BCUT2D eigenvalue weighted by Crippen LogP contribution is 2.40. The normalized spacial score (nSPS) is 18.4. The quantitative estimate of drug-likeness (QED) is 0.892. The third-order valence-corrected chi connectivity index (χ3v) is 3.93. The number of phenols is 1. The van der Waals surface area contributed by atoms with E-state index in [0.29, 0.717) is 18.7 Å². The highest BCUT2D eigenvalue weighted by molar-refractivity contribution is 6.35. The molecule has 0 radical (unpaired) electrons. The zero-order chi connectivity index (χ0) is 14.7. The van der Waals surface area contributed by atoms with Crippen LogP contribution in [0.15, 0.2) is 12.1 Å². The lowest BCUT2D eigenvalue weighted by Crippen LogP contribution is -2.45. The van der Waals surface area contributed by atoms with Crippen LogP contribution in [0.1, 0.15) is 18.0 Å². The summed E-state index contributed by atoms with van der Waals surface area (Å²) < 4.78 is 25.8. The third-order valence-electron chi connectivity index (χ3n) is 3.40.